The summed E-state index contributed by atoms with van der Waals surface area (Å²) in [5.41, 5.74) is 4.39. The minimum atomic E-state index is -1.69. The zero-order chi connectivity index (χ0) is 33.0. The van der Waals surface area contributed by atoms with Crippen molar-refractivity contribution in [3.63, 3.8) is 0 Å². The number of aryl methyl sites for hydroxylation is 4. The van der Waals surface area contributed by atoms with Crippen LogP contribution in [0.25, 0.3) is 10.8 Å². The molecule has 1 N–H and O–H groups in total. The van der Waals surface area contributed by atoms with Crippen molar-refractivity contribution in [3.05, 3.63) is 76.9 Å². The van der Waals surface area contributed by atoms with Crippen LogP contribution in [0.2, 0.25) is 0 Å². The number of fused-ring (bicyclic) bond motifs is 1. The summed E-state index contributed by atoms with van der Waals surface area (Å²) in [7, 11) is 3.37. The molecule has 7 nitrogen and oxygen atoms in total. The Morgan fingerprint density at radius 3 is 2.09 bits per heavy atom. The third-order valence-corrected chi connectivity index (χ3v) is 8.10. The van der Waals surface area contributed by atoms with Crippen LogP contribution in [0.3, 0.4) is 0 Å². The molecule has 3 aromatic carbocycles. The van der Waals surface area contributed by atoms with E-state index in [2.05, 4.69) is 56.3 Å². The Hall–Kier alpha value is -3.42. The highest BCUT2D eigenvalue weighted by molar-refractivity contribution is 5.88. The van der Waals surface area contributed by atoms with Gasteiger partial charge in [0.2, 0.25) is 0 Å². The second-order valence-corrected chi connectivity index (χ2v) is 13.1. The lowest BCUT2D eigenvalue weighted by Gasteiger charge is -2.28. The summed E-state index contributed by atoms with van der Waals surface area (Å²) in [4.78, 5) is 27.6. The van der Waals surface area contributed by atoms with Gasteiger partial charge in [0.25, 0.3) is 5.91 Å². The van der Waals surface area contributed by atoms with E-state index in [0.29, 0.717) is 6.54 Å². The Morgan fingerprint density at radius 2 is 1.42 bits per heavy atom. The van der Waals surface area contributed by atoms with Gasteiger partial charge in [-0.3, -0.25) is 4.79 Å². The minimum Gasteiger partial charge on any atom is -0.497 e. The van der Waals surface area contributed by atoms with Crippen LogP contribution in [-0.2, 0) is 31.9 Å². The van der Waals surface area contributed by atoms with Crippen molar-refractivity contribution in [1.29, 1.82) is 0 Å². The summed E-state index contributed by atoms with van der Waals surface area (Å²) in [5.74, 6) is -0.407. The fraction of sp³-hybridized carbons (Fsp3) is 0.526. The average molecular weight is 620 g/mol. The highest BCUT2D eigenvalue weighted by atomic mass is 16.6. The maximum atomic E-state index is 13.4. The number of hydrogen-bond donors (Lipinski definition) is 1. The van der Waals surface area contributed by atoms with Crippen molar-refractivity contribution < 1.29 is 28.9 Å². The first-order valence-corrected chi connectivity index (χ1v) is 16.3. The molecule has 0 aliphatic rings. The molecule has 0 heterocycles. The molecular formula is C38H53NO6. The van der Waals surface area contributed by atoms with Crippen molar-refractivity contribution in [1.82, 2.24) is 4.90 Å². The van der Waals surface area contributed by atoms with E-state index in [1.54, 1.807) is 39.8 Å². The zero-order valence-corrected chi connectivity index (χ0v) is 28.4. The van der Waals surface area contributed by atoms with Gasteiger partial charge in [-0.25, -0.2) is 4.79 Å². The van der Waals surface area contributed by atoms with Crippen molar-refractivity contribution >= 4 is 22.6 Å². The predicted octanol–water partition coefficient (Wildman–Crippen LogP) is 7.14. The topological polar surface area (TPSA) is 85.3 Å². The second-order valence-electron chi connectivity index (χ2n) is 13.1. The van der Waals surface area contributed by atoms with Crippen molar-refractivity contribution in [2.75, 3.05) is 27.3 Å². The Balaban J connectivity index is 1.47. The smallest absolute Gasteiger partial charge is 0.338 e. The molecule has 45 heavy (non-hydrogen) atoms. The fourth-order valence-corrected chi connectivity index (χ4v) is 5.30. The van der Waals surface area contributed by atoms with Gasteiger partial charge in [-0.2, -0.15) is 0 Å². The van der Waals surface area contributed by atoms with Crippen molar-refractivity contribution in [3.8, 4) is 5.75 Å². The molecule has 0 bridgehead atoms. The SMILES string of the molecule is COc1ccc2cc(CCCCCN(C)C(=O)[C@H](OCCCCCc3ccc(C)c(C)c3)[C@@H](O)C(=O)OC(C)(C)C)ccc2c1. The van der Waals surface area contributed by atoms with Crippen LogP contribution >= 0.6 is 0 Å². The average Bonchev–Trinajstić information content (AvgIpc) is 3.00. The largest absolute Gasteiger partial charge is 0.497 e. The van der Waals surface area contributed by atoms with E-state index < -0.39 is 29.7 Å². The van der Waals surface area contributed by atoms with Gasteiger partial charge in [0.05, 0.1) is 7.11 Å². The van der Waals surface area contributed by atoms with Crippen LogP contribution < -0.4 is 4.74 Å². The Morgan fingerprint density at radius 1 is 0.800 bits per heavy atom. The van der Waals surface area contributed by atoms with Crippen molar-refractivity contribution in [2.45, 2.75) is 104 Å². The molecule has 0 saturated heterocycles. The molecule has 3 aromatic rings. The van der Waals surface area contributed by atoms with E-state index in [4.69, 9.17) is 14.2 Å². The van der Waals surface area contributed by atoms with Gasteiger partial charge in [-0.15, -0.1) is 0 Å². The Kier molecular flexibility index (Phi) is 13.9. The molecule has 246 valence electrons. The normalized spacial score (nSPS) is 13.0. The number of amides is 1. The molecule has 0 aromatic heterocycles. The monoisotopic (exact) mass is 619 g/mol. The van der Waals surface area contributed by atoms with Gasteiger partial charge in [0, 0.05) is 20.2 Å². The van der Waals surface area contributed by atoms with Gasteiger partial charge in [0.1, 0.15) is 11.4 Å². The lowest BCUT2D eigenvalue weighted by Crippen LogP contribution is -2.50. The number of esters is 1. The third kappa shape index (κ3) is 11.8. The number of aliphatic hydroxyl groups excluding tert-OH is 1. The fourth-order valence-electron chi connectivity index (χ4n) is 5.30. The van der Waals surface area contributed by atoms with Gasteiger partial charge >= 0.3 is 5.97 Å². The van der Waals surface area contributed by atoms with E-state index in [-0.39, 0.29) is 6.61 Å². The number of methoxy groups -OCH3 is 1. The number of hydrogen-bond acceptors (Lipinski definition) is 6. The second kappa shape index (κ2) is 17.3. The maximum Gasteiger partial charge on any atom is 0.338 e. The molecule has 3 rings (SSSR count). The summed E-state index contributed by atoms with van der Waals surface area (Å²) in [6.07, 6.45) is 4.30. The number of ether oxygens (including phenoxy) is 3. The summed E-state index contributed by atoms with van der Waals surface area (Å²) < 4.78 is 16.6. The first-order chi connectivity index (χ1) is 21.4. The van der Waals surface area contributed by atoms with E-state index in [9.17, 15) is 14.7 Å². The standard InChI is InChI=1S/C38H53NO6/c1-27-16-17-29(24-28(27)2)14-11-9-13-23-44-35(34(40)37(42)45-38(3,4)5)36(41)39(6)22-12-8-10-15-30-18-19-32-26-33(43-7)21-20-31(32)25-30/h16-21,24-26,34-35,40H,8-15,22-23H2,1-7H3/t34-,35-/m1/s1. The number of aliphatic hydroxyl groups is 1. The van der Waals surface area contributed by atoms with Gasteiger partial charge in [-0.05, 0) is 118 Å². The van der Waals surface area contributed by atoms with Gasteiger partial charge in [0.15, 0.2) is 12.2 Å². The molecule has 0 fully saturated rings. The van der Waals surface area contributed by atoms with Crippen molar-refractivity contribution in [2.24, 2.45) is 0 Å². The van der Waals surface area contributed by atoms with Gasteiger partial charge in [-0.1, -0.05) is 55.3 Å². The molecule has 7 heteroatoms. The Labute approximate surface area is 269 Å². The highest BCUT2D eigenvalue weighted by Gasteiger charge is 2.37. The van der Waals surface area contributed by atoms with Crippen LogP contribution in [-0.4, -0.2) is 67.0 Å². The molecule has 2 atom stereocenters. The number of unbranched alkanes of at least 4 members (excludes halogenated alkanes) is 4. The highest BCUT2D eigenvalue weighted by Crippen LogP contribution is 2.23. The molecule has 0 unspecified atom stereocenters. The lowest BCUT2D eigenvalue weighted by atomic mass is 10.0. The van der Waals surface area contributed by atoms with Crippen LogP contribution in [0.4, 0.5) is 0 Å². The number of benzene rings is 3. The van der Waals surface area contributed by atoms with Gasteiger partial charge < -0.3 is 24.2 Å². The van der Waals surface area contributed by atoms with E-state index in [1.165, 1.54) is 27.6 Å². The van der Waals surface area contributed by atoms with Crippen LogP contribution in [0.15, 0.2) is 54.6 Å². The molecule has 0 aliphatic heterocycles. The molecule has 0 saturated carbocycles. The molecule has 0 aliphatic carbocycles. The van der Waals surface area contributed by atoms with E-state index in [1.807, 2.05) is 12.1 Å². The maximum absolute atomic E-state index is 13.4. The first-order valence-electron chi connectivity index (χ1n) is 16.3. The van der Waals surface area contributed by atoms with Crippen LogP contribution in [0, 0.1) is 13.8 Å². The molecule has 0 spiro atoms. The lowest BCUT2D eigenvalue weighted by molar-refractivity contribution is -0.179. The zero-order valence-electron chi connectivity index (χ0n) is 28.4. The van der Waals surface area contributed by atoms with Crippen LogP contribution in [0.5, 0.6) is 5.75 Å². The molecule has 1 amide bonds. The molecular weight excluding hydrogens is 566 g/mol. The number of likely N-dealkylation sites (N-methyl/N-ethyl adjacent to an activating group) is 1. The van der Waals surface area contributed by atoms with E-state index in [0.717, 1.165) is 62.5 Å². The quantitative estimate of drug-likeness (QED) is 0.128. The number of carbonyl (C=O) groups excluding carboxylic acids is 2. The number of rotatable bonds is 17. The molecule has 0 radical (unpaired) electrons. The minimum absolute atomic E-state index is 0.273. The number of nitrogens with zero attached hydrogens (tertiary/aromatic N) is 1. The third-order valence-electron chi connectivity index (χ3n) is 8.10. The predicted molar refractivity (Wildman–Crippen MR) is 181 cm³/mol. The summed E-state index contributed by atoms with van der Waals surface area (Å²) in [5, 5.41) is 13.2. The Bertz CT molecular complexity index is 1390. The summed E-state index contributed by atoms with van der Waals surface area (Å²) in [6.45, 7) is 10.2. The van der Waals surface area contributed by atoms with Crippen LogP contribution in [0.1, 0.15) is 81.5 Å². The summed E-state index contributed by atoms with van der Waals surface area (Å²) in [6, 6.07) is 19.1. The first kappa shape index (κ1) is 36.1. The summed E-state index contributed by atoms with van der Waals surface area (Å²) >= 11 is 0. The number of carbonyl (C=O) groups is 2. The van der Waals surface area contributed by atoms with E-state index >= 15 is 0 Å².